The zero-order chi connectivity index (χ0) is 23.8. The molecule has 0 fully saturated rings. The zero-order valence-electron chi connectivity index (χ0n) is 18.2. The summed E-state index contributed by atoms with van der Waals surface area (Å²) in [5.74, 6) is 0.881. The van der Waals surface area contributed by atoms with Crippen LogP contribution in [0.3, 0.4) is 0 Å². The number of carboxylic acid groups (broad SMARTS) is 1. The molecule has 2 atom stereocenters. The van der Waals surface area contributed by atoms with Crippen molar-refractivity contribution in [2.75, 3.05) is 18.6 Å². The molecular formula is C25H26N2O5S. The standard InChI is InChI=1S/C25H26N2O5S/c1-3-8-22(24(29)30)26-23(28)21(13-14-33-2)27-25(31)32-15-20-18-11-6-4-9-16(18)17-10-5-7-12-19(17)20/h1,4-7,9-12,20-22H,8,13-15H2,2H3,(H,26,28)(H,27,31)(H,29,30). The van der Waals surface area contributed by atoms with E-state index in [0.717, 1.165) is 22.3 Å². The molecule has 1 aliphatic carbocycles. The van der Waals surface area contributed by atoms with E-state index in [9.17, 15) is 19.5 Å². The third kappa shape index (κ3) is 5.88. The second-order valence-corrected chi connectivity index (χ2v) is 8.60. The lowest BCUT2D eigenvalue weighted by molar-refractivity contribution is -0.141. The lowest BCUT2D eigenvalue weighted by atomic mass is 9.98. The van der Waals surface area contributed by atoms with Crippen LogP contribution in [0, 0.1) is 12.3 Å². The Bertz CT molecular complexity index is 1020. The van der Waals surface area contributed by atoms with E-state index in [1.54, 1.807) is 0 Å². The maximum atomic E-state index is 12.6. The topological polar surface area (TPSA) is 105 Å². The number of benzene rings is 2. The van der Waals surface area contributed by atoms with Gasteiger partial charge in [-0.25, -0.2) is 9.59 Å². The number of fused-ring (bicyclic) bond motifs is 3. The highest BCUT2D eigenvalue weighted by molar-refractivity contribution is 7.98. The molecule has 0 heterocycles. The number of alkyl carbamates (subject to hydrolysis) is 1. The maximum Gasteiger partial charge on any atom is 0.407 e. The second kappa shape index (κ2) is 11.4. The van der Waals surface area contributed by atoms with Gasteiger partial charge in [-0.15, -0.1) is 12.3 Å². The van der Waals surface area contributed by atoms with E-state index >= 15 is 0 Å². The molecule has 0 saturated heterocycles. The number of hydrogen-bond acceptors (Lipinski definition) is 5. The summed E-state index contributed by atoms with van der Waals surface area (Å²) in [6.07, 6.45) is 6.50. The number of carbonyl (C=O) groups is 3. The van der Waals surface area contributed by atoms with Gasteiger partial charge in [0.1, 0.15) is 18.7 Å². The van der Waals surface area contributed by atoms with Gasteiger partial charge >= 0.3 is 12.1 Å². The minimum Gasteiger partial charge on any atom is -0.480 e. The van der Waals surface area contributed by atoms with Crippen molar-refractivity contribution in [1.29, 1.82) is 0 Å². The molecule has 0 radical (unpaired) electrons. The lowest BCUT2D eigenvalue weighted by Gasteiger charge is -2.21. The minimum atomic E-state index is -1.23. The van der Waals surface area contributed by atoms with Crippen molar-refractivity contribution >= 4 is 29.7 Å². The Kier molecular flexibility index (Phi) is 8.39. The van der Waals surface area contributed by atoms with Crippen molar-refractivity contribution in [3.63, 3.8) is 0 Å². The number of hydrogen-bond donors (Lipinski definition) is 3. The first-order valence-electron chi connectivity index (χ1n) is 10.5. The molecule has 0 bridgehead atoms. The first kappa shape index (κ1) is 24.2. The van der Waals surface area contributed by atoms with Crippen molar-refractivity contribution in [1.82, 2.24) is 10.6 Å². The number of carbonyl (C=O) groups excluding carboxylic acids is 2. The number of terminal acetylenes is 1. The molecule has 172 valence electrons. The van der Waals surface area contributed by atoms with Gasteiger partial charge in [0.25, 0.3) is 0 Å². The van der Waals surface area contributed by atoms with Gasteiger partial charge in [0.05, 0.1) is 0 Å². The van der Waals surface area contributed by atoms with Crippen LogP contribution in [0.15, 0.2) is 48.5 Å². The zero-order valence-corrected chi connectivity index (χ0v) is 19.1. The van der Waals surface area contributed by atoms with Crippen LogP contribution in [0.1, 0.15) is 29.9 Å². The summed E-state index contributed by atoms with van der Waals surface area (Å²) in [4.78, 5) is 36.5. The molecule has 7 nitrogen and oxygen atoms in total. The average molecular weight is 467 g/mol. The van der Waals surface area contributed by atoms with E-state index in [4.69, 9.17) is 11.2 Å². The SMILES string of the molecule is C#CCC(NC(=O)C(CCSC)NC(=O)OCC1c2ccccc2-c2ccccc21)C(=O)O. The van der Waals surface area contributed by atoms with Gasteiger partial charge in [-0.1, -0.05) is 48.5 Å². The van der Waals surface area contributed by atoms with Crippen LogP contribution in [-0.4, -0.2) is 53.8 Å². The summed E-state index contributed by atoms with van der Waals surface area (Å²) >= 11 is 1.51. The summed E-state index contributed by atoms with van der Waals surface area (Å²) in [5.41, 5.74) is 4.41. The molecular weight excluding hydrogens is 440 g/mol. The van der Waals surface area contributed by atoms with Gasteiger partial charge in [0.15, 0.2) is 0 Å². The summed E-state index contributed by atoms with van der Waals surface area (Å²) < 4.78 is 5.51. The molecule has 0 saturated carbocycles. The van der Waals surface area contributed by atoms with E-state index in [2.05, 4.69) is 16.6 Å². The number of nitrogens with one attached hydrogen (secondary N) is 2. The van der Waals surface area contributed by atoms with E-state index in [0.29, 0.717) is 12.2 Å². The molecule has 33 heavy (non-hydrogen) atoms. The van der Waals surface area contributed by atoms with Gasteiger partial charge in [0, 0.05) is 12.3 Å². The molecule has 2 unspecified atom stereocenters. The van der Waals surface area contributed by atoms with Crippen molar-refractivity contribution in [2.24, 2.45) is 0 Å². The first-order chi connectivity index (χ1) is 16.0. The van der Waals surface area contributed by atoms with E-state index in [1.165, 1.54) is 11.8 Å². The van der Waals surface area contributed by atoms with Gasteiger partial charge in [-0.2, -0.15) is 11.8 Å². The number of amides is 2. The molecule has 3 N–H and O–H groups in total. The van der Waals surface area contributed by atoms with Crippen LogP contribution in [0.5, 0.6) is 0 Å². The normalized spacial score (nSPS) is 13.7. The Labute approximate surface area is 197 Å². The summed E-state index contributed by atoms with van der Waals surface area (Å²) in [7, 11) is 0. The third-order valence-electron chi connectivity index (χ3n) is 5.50. The van der Waals surface area contributed by atoms with Crippen LogP contribution in [-0.2, 0) is 14.3 Å². The van der Waals surface area contributed by atoms with E-state index in [-0.39, 0.29) is 18.9 Å². The van der Waals surface area contributed by atoms with E-state index in [1.807, 2.05) is 54.8 Å². The molecule has 2 aromatic carbocycles. The fourth-order valence-corrected chi connectivity index (χ4v) is 4.35. The van der Waals surface area contributed by atoms with Gasteiger partial charge in [0.2, 0.25) is 5.91 Å². The van der Waals surface area contributed by atoms with Crippen LogP contribution in [0.4, 0.5) is 4.79 Å². The van der Waals surface area contributed by atoms with Crippen LogP contribution in [0.2, 0.25) is 0 Å². The van der Waals surface area contributed by atoms with E-state index < -0.39 is 30.1 Å². The van der Waals surface area contributed by atoms with Gasteiger partial charge in [-0.05, 0) is 40.7 Å². The average Bonchev–Trinajstić information content (AvgIpc) is 3.13. The minimum absolute atomic E-state index is 0.103. The number of aliphatic carboxylic acids is 1. The monoisotopic (exact) mass is 466 g/mol. The molecule has 3 rings (SSSR count). The highest BCUT2D eigenvalue weighted by atomic mass is 32.2. The fourth-order valence-electron chi connectivity index (χ4n) is 3.88. The number of carboxylic acids is 1. The predicted molar refractivity (Wildman–Crippen MR) is 128 cm³/mol. The summed E-state index contributed by atoms with van der Waals surface area (Å²) in [6, 6.07) is 13.8. The van der Waals surface area contributed by atoms with Crippen LogP contribution >= 0.6 is 11.8 Å². The molecule has 1 aliphatic rings. The van der Waals surface area contributed by atoms with Crippen LogP contribution < -0.4 is 10.6 Å². The second-order valence-electron chi connectivity index (χ2n) is 7.61. The highest BCUT2D eigenvalue weighted by Gasteiger charge is 2.30. The Morgan fingerprint density at radius 3 is 2.21 bits per heavy atom. The lowest BCUT2D eigenvalue weighted by Crippen LogP contribution is -2.51. The van der Waals surface area contributed by atoms with Crippen molar-refractivity contribution in [2.45, 2.75) is 30.8 Å². The smallest absolute Gasteiger partial charge is 0.407 e. The first-order valence-corrected chi connectivity index (χ1v) is 11.9. The third-order valence-corrected chi connectivity index (χ3v) is 6.14. The summed E-state index contributed by atoms with van der Waals surface area (Å²) in [6.45, 7) is 0.117. The Morgan fingerprint density at radius 2 is 1.67 bits per heavy atom. The van der Waals surface area contributed by atoms with Crippen LogP contribution in [0.25, 0.3) is 11.1 Å². The fraction of sp³-hybridized carbons (Fsp3) is 0.320. The Hall–Kier alpha value is -3.44. The largest absolute Gasteiger partial charge is 0.480 e. The highest BCUT2D eigenvalue weighted by Crippen LogP contribution is 2.44. The van der Waals surface area contributed by atoms with Crippen molar-refractivity contribution < 1.29 is 24.2 Å². The number of ether oxygens (including phenoxy) is 1. The maximum absolute atomic E-state index is 12.6. The summed E-state index contributed by atoms with van der Waals surface area (Å²) in [5, 5.41) is 14.2. The molecule has 2 aromatic rings. The number of thioether (sulfide) groups is 1. The quantitative estimate of drug-likeness (QED) is 0.465. The molecule has 0 aromatic heterocycles. The molecule has 2 amide bonds. The Balaban J connectivity index is 1.65. The Morgan fingerprint density at radius 1 is 1.06 bits per heavy atom. The van der Waals surface area contributed by atoms with Crippen molar-refractivity contribution in [3.05, 3.63) is 59.7 Å². The molecule has 0 spiro atoms. The van der Waals surface area contributed by atoms with Gasteiger partial charge < -0.3 is 20.5 Å². The van der Waals surface area contributed by atoms with Gasteiger partial charge in [-0.3, -0.25) is 4.79 Å². The molecule has 8 heteroatoms. The number of rotatable bonds is 10. The molecule has 0 aliphatic heterocycles. The van der Waals surface area contributed by atoms with Crippen molar-refractivity contribution in [3.8, 4) is 23.5 Å². The predicted octanol–water partition coefficient (Wildman–Crippen LogP) is 3.24.